The highest BCUT2D eigenvalue weighted by atomic mass is 16.5. The van der Waals surface area contributed by atoms with Crippen molar-refractivity contribution in [2.24, 2.45) is 17.8 Å². The maximum absolute atomic E-state index is 10.4. The van der Waals surface area contributed by atoms with Crippen LogP contribution >= 0.6 is 0 Å². The third-order valence-corrected chi connectivity index (χ3v) is 8.21. The lowest BCUT2D eigenvalue weighted by atomic mass is 9.54. The SMILES string of the molecule is COc1ccc(N2CCN(C[C@H](O)COCCOC34CC5CC(CC(C5)C3)C4)CC2)cc1. The lowest BCUT2D eigenvalue weighted by molar-refractivity contribution is -0.170. The molecule has 4 bridgehead atoms. The zero-order chi connectivity index (χ0) is 22.0. The Balaban J connectivity index is 0.960. The van der Waals surface area contributed by atoms with Gasteiger partial charge in [0.25, 0.3) is 0 Å². The van der Waals surface area contributed by atoms with E-state index in [1.165, 1.54) is 44.2 Å². The minimum atomic E-state index is -0.443. The zero-order valence-corrected chi connectivity index (χ0v) is 19.6. The van der Waals surface area contributed by atoms with Gasteiger partial charge in [-0.05, 0) is 80.5 Å². The van der Waals surface area contributed by atoms with E-state index in [1.807, 2.05) is 12.1 Å². The number of benzene rings is 1. The van der Waals surface area contributed by atoms with Gasteiger partial charge >= 0.3 is 0 Å². The van der Waals surface area contributed by atoms with E-state index in [0.29, 0.717) is 26.4 Å². The molecule has 4 saturated carbocycles. The molecule has 1 N–H and O–H groups in total. The van der Waals surface area contributed by atoms with Crippen LogP contribution in [0.1, 0.15) is 38.5 Å². The molecule has 178 valence electrons. The van der Waals surface area contributed by atoms with Crippen molar-refractivity contribution >= 4 is 5.69 Å². The van der Waals surface area contributed by atoms with E-state index in [9.17, 15) is 5.11 Å². The van der Waals surface area contributed by atoms with E-state index in [0.717, 1.165) is 49.7 Å². The van der Waals surface area contributed by atoms with Gasteiger partial charge in [-0.2, -0.15) is 0 Å². The maximum atomic E-state index is 10.4. The number of hydrogen-bond donors (Lipinski definition) is 1. The van der Waals surface area contributed by atoms with Crippen LogP contribution in [0.4, 0.5) is 5.69 Å². The van der Waals surface area contributed by atoms with E-state index in [4.69, 9.17) is 14.2 Å². The largest absolute Gasteiger partial charge is 0.497 e. The fourth-order valence-corrected chi connectivity index (χ4v) is 7.08. The molecule has 6 nitrogen and oxygen atoms in total. The van der Waals surface area contributed by atoms with Gasteiger partial charge < -0.3 is 24.2 Å². The van der Waals surface area contributed by atoms with Crippen LogP contribution in [0.2, 0.25) is 0 Å². The van der Waals surface area contributed by atoms with E-state index >= 15 is 0 Å². The fourth-order valence-electron chi connectivity index (χ4n) is 7.08. The normalized spacial score (nSPS) is 32.9. The molecule has 1 atom stereocenters. The standard InChI is InChI=1S/C26H40N2O4/c1-30-25-4-2-23(3-5-25)28-8-6-27(7-9-28)18-24(29)19-31-10-11-32-26-15-20-12-21(16-26)14-22(13-20)17-26/h2-5,20-22,24,29H,6-19H2,1H3/t20?,21?,22?,24-,26?/m0/s1. The predicted octanol–water partition coefficient (Wildman–Crippen LogP) is 3.18. The van der Waals surface area contributed by atoms with Crippen molar-refractivity contribution in [1.82, 2.24) is 4.90 Å². The summed E-state index contributed by atoms with van der Waals surface area (Å²) in [6, 6.07) is 8.25. The van der Waals surface area contributed by atoms with Crippen molar-refractivity contribution in [2.45, 2.75) is 50.2 Å². The van der Waals surface area contributed by atoms with Crippen molar-refractivity contribution < 1.29 is 19.3 Å². The molecule has 6 rings (SSSR count). The van der Waals surface area contributed by atoms with Crippen molar-refractivity contribution in [3.63, 3.8) is 0 Å². The zero-order valence-electron chi connectivity index (χ0n) is 19.6. The highest BCUT2D eigenvalue weighted by Crippen LogP contribution is 2.57. The maximum Gasteiger partial charge on any atom is 0.119 e. The Labute approximate surface area is 192 Å². The summed E-state index contributed by atoms with van der Waals surface area (Å²) < 4.78 is 17.4. The van der Waals surface area contributed by atoms with Gasteiger partial charge in [-0.15, -0.1) is 0 Å². The quantitative estimate of drug-likeness (QED) is 0.560. The molecule has 0 aromatic heterocycles. The van der Waals surface area contributed by atoms with E-state index in [-0.39, 0.29) is 5.60 Å². The van der Waals surface area contributed by atoms with Crippen LogP contribution < -0.4 is 9.64 Å². The van der Waals surface area contributed by atoms with Crippen molar-refractivity contribution in [1.29, 1.82) is 0 Å². The van der Waals surface area contributed by atoms with E-state index < -0.39 is 6.10 Å². The van der Waals surface area contributed by atoms with Crippen LogP contribution in [0.25, 0.3) is 0 Å². The highest BCUT2D eigenvalue weighted by molar-refractivity contribution is 5.49. The Morgan fingerprint density at radius 1 is 0.938 bits per heavy atom. The first kappa shape index (κ1) is 22.5. The summed E-state index contributed by atoms with van der Waals surface area (Å²) >= 11 is 0. The smallest absolute Gasteiger partial charge is 0.119 e. The molecule has 6 heteroatoms. The summed E-state index contributed by atoms with van der Waals surface area (Å²) in [7, 11) is 1.69. The minimum Gasteiger partial charge on any atom is -0.497 e. The lowest BCUT2D eigenvalue weighted by Gasteiger charge is -2.56. The molecule has 1 heterocycles. The molecule has 5 aliphatic rings. The molecule has 0 spiro atoms. The number of ether oxygens (including phenoxy) is 3. The number of piperazine rings is 1. The van der Waals surface area contributed by atoms with E-state index in [1.54, 1.807) is 7.11 Å². The number of β-amino-alcohol motifs (C(OH)–C–C–N with tert-alkyl or cyclic N) is 1. The average molecular weight is 445 g/mol. The van der Waals surface area contributed by atoms with Crippen LogP contribution in [0.15, 0.2) is 24.3 Å². The molecule has 0 unspecified atom stereocenters. The minimum absolute atomic E-state index is 0.153. The number of aliphatic hydroxyl groups is 1. The summed E-state index contributed by atoms with van der Waals surface area (Å²) in [4.78, 5) is 4.72. The number of rotatable bonds is 10. The topological polar surface area (TPSA) is 54.4 Å². The Bertz CT molecular complexity index is 697. The van der Waals surface area contributed by atoms with Gasteiger partial charge in [0.05, 0.1) is 38.6 Å². The molecule has 4 aliphatic carbocycles. The third-order valence-electron chi connectivity index (χ3n) is 8.21. The second-order valence-corrected chi connectivity index (χ2v) is 10.7. The summed E-state index contributed by atoms with van der Waals surface area (Å²) in [5.41, 5.74) is 1.38. The van der Waals surface area contributed by atoms with Crippen molar-refractivity contribution in [2.75, 3.05) is 64.6 Å². The van der Waals surface area contributed by atoms with Crippen molar-refractivity contribution in [3.8, 4) is 5.75 Å². The average Bonchev–Trinajstić information content (AvgIpc) is 2.78. The second-order valence-electron chi connectivity index (χ2n) is 10.7. The van der Waals surface area contributed by atoms with Gasteiger partial charge in [0.2, 0.25) is 0 Å². The first-order chi connectivity index (χ1) is 15.6. The molecule has 1 aliphatic heterocycles. The van der Waals surface area contributed by atoms with E-state index in [2.05, 4.69) is 21.9 Å². The second kappa shape index (κ2) is 9.88. The van der Waals surface area contributed by atoms with Gasteiger partial charge in [0.1, 0.15) is 5.75 Å². The Morgan fingerprint density at radius 3 is 2.16 bits per heavy atom. The predicted molar refractivity (Wildman–Crippen MR) is 125 cm³/mol. The third kappa shape index (κ3) is 5.24. The Hall–Kier alpha value is -1.34. The number of nitrogens with zero attached hydrogens (tertiary/aromatic N) is 2. The summed E-state index contributed by atoms with van der Waals surface area (Å²) in [5.74, 6) is 3.62. The molecule has 1 saturated heterocycles. The molecule has 32 heavy (non-hydrogen) atoms. The molecule has 1 aromatic carbocycles. The summed E-state index contributed by atoms with van der Waals surface area (Å²) in [6.07, 6.45) is 7.69. The molecule has 5 fully saturated rings. The molecule has 0 radical (unpaired) electrons. The number of hydrogen-bond acceptors (Lipinski definition) is 6. The molecular formula is C26H40N2O4. The first-order valence-corrected chi connectivity index (χ1v) is 12.6. The molecule has 0 amide bonds. The van der Waals surface area contributed by atoms with Gasteiger partial charge in [-0.3, -0.25) is 4.90 Å². The number of methoxy groups -OCH3 is 1. The molecular weight excluding hydrogens is 404 g/mol. The summed E-state index contributed by atoms with van der Waals surface area (Å²) in [6.45, 7) is 6.17. The first-order valence-electron chi connectivity index (χ1n) is 12.6. The monoisotopic (exact) mass is 444 g/mol. The van der Waals surface area contributed by atoms with Crippen LogP contribution in [0.5, 0.6) is 5.75 Å². The van der Waals surface area contributed by atoms with Crippen molar-refractivity contribution in [3.05, 3.63) is 24.3 Å². The van der Waals surface area contributed by atoms with Crippen LogP contribution in [-0.4, -0.2) is 81.4 Å². The van der Waals surface area contributed by atoms with Crippen LogP contribution in [-0.2, 0) is 9.47 Å². The number of anilines is 1. The summed E-state index contributed by atoms with van der Waals surface area (Å²) in [5, 5.41) is 10.4. The fraction of sp³-hybridized carbons (Fsp3) is 0.769. The van der Waals surface area contributed by atoms with Gasteiger partial charge in [-0.25, -0.2) is 0 Å². The Kier molecular flexibility index (Phi) is 6.93. The van der Waals surface area contributed by atoms with Gasteiger partial charge in [0.15, 0.2) is 0 Å². The van der Waals surface area contributed by atoms with Crippen LogP contribution in [0, 0.1) is 17.8 Å². The molecule has 1 aromatic rings. The number of aliphatic hydroxyl groups excluding tert-OH is 1. The Morgan fingerprint density at radius 2 is 1.56 bits per heavy atom. The van der Waals surface area contributed by atoms with Crippen LogP contribution in [0.3, 0.4) is 0 Å². The van der Waals surface area contributed by atoms with Gasteiger partial charge in [0, 0.05) is 38.4 Å². The van der Waals surface area contributed by atoms with Gasteiger partial charge in [-0.1, -0.05) is 0 Å². The highest BCUT2D eigenvalue weighted by Gasteiger charge is 2.51. The lowest BCUT2D eigenvalue weighted by Crippen LogP contribution is -2.52.